The molecule has 28 heavy (non-hydrogen) atoms. The van der Waals surface area contributed by atoms with Gasteiger partial charge in [0.1, 0.15) is 5.75 Å². The van der Waals surface area contributed by atoms with Gasteiger partial charge >= 0.3 is 6.03 Å². The average Bonchev–Trinajstić information content (AvgIpc) is 2.84. The van der Waals surface area contributed by atoms with E-state index in [1.165, 1.54) is 4.90 Å². The van der Waals surface area contributed by atoms with Crippen molar-refractivity contribution in [3.63, 3.8) is 0 Å². The molecule has 1 heterocycles. The van der Waals surface area contributed by atoms with E-state index in [1.807, 2.05) is 49.9 Å². The summed E-state index contributed by atoms with van der Waals surface area (Å²) in [6, 6.07) is 7.24. The summed E-state index contributed by atoms with van der Waals surface area (Å²) in [5.41, 5.74) is 0.873. The molecule has 0 aliphatic carbocycles. The Kier molecular flexibility index (Phi) is 8.11. The SMILES string of the molecule is CCC(NC(=O)N1CC[C@@H](C)O[C@@H](C)C1)c1ccccc1OCC(=O)N(C)C. The number of urea groups is 1. The molecule has 1 unspecified atom stereocenters. The van der Waals surface area contributed by atoms with Crippen LogP contribution in [0, 0.1) is 0 Å². The van der Waals surface area contributed by atoms with Gasteiger partial charge in [-0.15, -0.1) is 0 Å². The predicted molar refractivity (Wildman–Crippen MR) is 108 cm³/mol. The molecule has 1 aromatic rings. The molecule has 1 saturated heterocycles. The molecule has 0 aromatic heterocycles. The quantitative estimate of drug-likeness (QED) is 0.809. The van der Waals surface area contributed by atoms with Gasteiger partial charge in [0, 0.05) is 32.7 Å². The van der Waals surface area contributed by atoms with E-state index in [4.69, 9.17) is 9.47 Å². The minimum Gasteiger partial charge on any atom is -0.483 e. The third-order valence-electron chi connectivity index (χ3n) is 4.89. The molecule has 7 heteroatoms. The zero-order chi connectivity index (χ0) is 20.7. The second-order valence-electron chi connectivity index (χ2n) is 7.52. The standard InChI is InChI=1S/C21H33N3O4/c1-6-18(22-21(26)24-12-11-15(2)28-16(3)13-24)17-9-7-8-10-19(17)27-14-20(25)23(4)5/h7-10,15-16,18H,6,11-14H2,1-5H3,(H,22,26)/t15-,16+,18?/m1/s1. The highest BCUT2D eigenvalue weighted by Crippen LogP contribution is 2.27. The number of benzene rings is 1. The summed E-state index contributed by atoms with van der Waals surface area (Å²) in [6.45, 7) is 7.25. The van der Waals surface area contributed by atoms with Crippen molar-refractivity contribution in [3.8, 4) is 5.75 Å². The fraction of sp³-hybridized carbons (Fsp3) is 0.619. The van der Waals surface area contributed by atoms with E-state index in [2.05, 4.69) is 5.32 Å². The Bertz CT molecular complexity index is 665. The summed E-state index contributed by atoms with van der Waals surface area (Å²) < 4.78 is 11.6. The number of hydrogen-bond donors (Lipinski definition) is 1. The third-order valence-corrected chi connectivity index (χ3v) is 4.89. The molecule has 2 rings (SSSR count). The van der Waals surface area contributed by atoms with Crippen LogP contribution in [0.1, 0.15) is 45.2 Å². The Labute approximate surface area is 168 Å². The predicted octanol–water partition coefficient (Wildman–Crippen LogP) is 2.81. The minimum absolute atomic E-state index is 0.0102. The number of nitrogens with one attached hydrogen (secondary N) is 1. The van der Waals surface area contributed by atoms with Gasteiger partial charge in [-0.3, -0.25) is 4.79 Å². The second kappa shape index (κ2) is 10.3. The smallest absolute Gasteiger partial charge is 0.317 e. The van der Waals surface area contributed by atoms with Gasteiger partial charge < -0.3 is 24.6 Å². The van der Waals surface area contributed by atoms with E-state index in [0.717, 1.165) is 12.0 Å². The highest BCUT2D eigenvalue weighted by atomic mass is 16.5. The highest BCUT2D eigenvalue weighted by Gasteiger charge is 2.25. The van der Waals surface area contributed by atoms with Gasteiger partial charge in [0.2, 0.25) is 0 Å². The minimum atomic E-state index is -0.199. The van der Waals surface area contributed by atoms with Crippen LogP contribution in [0.25, 0.3) is 0 Å². The first kappa shape index (κ1) is 22.0. The van der Waals surface area contributed by atoms with Gasteiger partial charge in [-0.25, -0.2) is 4.79 Å². The molecule has 0 spiro atoms. The number of nitrogens with zero attached hydrogens (tertiary/aromatic N) is 2. The van der Waals surface area contributed by atoms with E-state index in [1.54, 1.807) is 14.1 Å². The van der Waals surface area contributed by atoms with E-state index < -0.39 is 0 Å². The second-order valence-corrected chi connectivity index (χ2v) is 7.52. The lowest BCUT2D eigenvalue weighted by atomic mass is 10.0. The van der Waals surface area contributed by atoms with Gasteiger partial charge in [-0.1, -0.05) is 25.1 Å². The number of hydrogen-bond acceptors (Lipinski definition) is 4. The van der Waals surface area contributed by atoms with Gasteiger partial charge in [-0.05, 0) is 32.8 Å². The van der Waals surface area contributed by atoms with Gasteiger partial charge in [-0.2, -0.15) is 0 Å². The van der Waals surface area contributed by atoms with Gasteiger partial charge in [0.15, 0.2) is 6.61 Å². The molecule has 0 radical (unpaired) electrons. The molecule has 156 valence electrons. The van der Waals surface area contributed by atoms with Crippen LogP contribution in [-0.4, -0.2) is 67.7 Å². The van der Waals surface area contributed by atoms with Crippen molar-refractivity contribution < 1.29 is 19.1 Å². The largest absolute Gasteiger partial charge is 0.483 e. The Balaban J connectivity index is 2.08. The molecule has 7 nitrogen and oxygen atoms in total. The summed E-state index contributed by atoms with van der Waals surface area (Å²) in [7, 11) is 3.39. The van der Waals surface area contributed by atoms with Crippen molar-refractivity contribution in [3.05, 3.63) is 29.8 Å². The highest BCUT2D eigenvalue weighted by molar-refractivity contribution is 5.77. The van der Waals surface area contributed by atoms with Crippen molar-refractivity contribution in [1.82, 2.24) is 15.1 Å². The Hall–Kier alpha value is -2.28. The fourth-order valence-corrected chi connectivity index (χ4v) is 3.24. The van der Waals surface area contributed by atoms with E-state index in [-0.39, 0.29) is 36.8 Å². The molecule has 3 atom stereocenters. The molecule has 3 amide bonds. The maximum atomic E-state index is 12.9. The van der Waals surface area contributed by atoms with Gasteiger partial charge in [0.05, 0.1) is 18.2 Å². The number of likely N-dealkylation sites (N-methyl/N-ethyl adjacent to an activating group) is 1. The first-order valence-corrected chi connectivity index (χ1v) is 9.94. The Morgan fingerprint density at radius 1 is 1.29 bits per heavy atom. The zero-order valence-electron chi connectivity index (χ0n) is 17.6. The molecular weight excluding hydrogens is 358 g/mol. The van der Waals surface area contributed by atoms with E-state index in [9.17, 15) is 9.59 Å². The number of amides is 3. The van der Waals surface area contributed by atoms with Gasteiger partial charge in [0.25, 0.3) is 5.91 Å². The average molecular weight is 392 g/mol. The molecule has 1 aliphatic rings. The molecule has 1 aliphatic heterocycles. The van der Waals surface area contributed by atoms with Crippen molar-refractivity contribution in [2.24, 2.45) is 0 Å². The summed E-state index contributed by atoms with van der Waals surface area (Å²) in [4.78, 5) is 28.0. The van der Waals surface area contributed by atoms with Crippen molar-refractivity contribution in [2.45, 2.75) is 51.9 Å². The number of ether oxygens (including phenoxy) is 2. The molecule has 1 N–H and O–H groups in total. The number of carbonyl (C=O) groups excluding carboxylic acids is 2. The van der Waals surface area contributed by atoms with Crippen LogP contribution in [0.3, 0.4) is 0 Å². The molecular formula is C21H33N3O4. The van der Waals surface area contributed by atoms with Crippen LogP contribution in [0.4, 0.5) is 4.79 Å². The van der Waals surface area contributed by atoms with Crippen LogP contribution >= 0.6 is 0 Å². The fourth-order valence-electron chi connectivity index (χ4n) is 3.24. The van der Waals surface area contributed by atoms with Crippen molar-refractivity contribution in [2.75, 3.05) is 33.8 Å². The van der Waals surface area contributed by atoms with Crippen LogP contribution in [0.5, 0.6) is 5.75 Å². The lowest BCUT2D eigenvalue weighted by Gasteiger charge is -2.27. The maximum absolute atomic E-state index is 12.9. The molecule has 1 aromatic carbocycles. The zero-order valence-corrected chi connectivity index (χ0v) is 17.6. The lowest BCUT2D eigenvalue weighted by molar-refractivity contribution is -0.130. The van der Waals surface area contributed by atoms with E-state index >= 15 is 0 Å². The Morgan fingerprint density at radius 3 is 2.68 bits per heavy atom. The summed E-state index contributed by atoms with van der Waals surface area (Å²) in [5, 5.41) is 3.12. The van der Waals surface area contributed by atoms with Crippen LogP contribution in [-0.2, 0) is 9.53 Å². The normalized spacial score (nSPS) is 20.8. The summed E-state index contributed by atoms with van der Waals surface area (Å²) in [5.74, 6) is 0.505. The summed E-state index contributed by atoms with van der Waals surface area (Å²) in [6.07, 6.45) is 1.69. The van der Waals surface area contributed by atoms with Crippen LogP contribution in [0.15, 0.2) is 24.3 Å². The third kappa shape index (κ3) is 6.12. The van der Waals surface area contributed by atoms with Crippen molar-refractivity contribution >= 4 is 11.9 Å². The van der Waals surface area contributed by atoms with Crippen LogP contribution < -0.4 is 10.1 Å². The topological polar surface area (TPSA) is 71.1 Å². The lowest BCUT2D eigenvalue weighted by Crippen LogP contribution is -2.44. The monoisotopic (exact) mass is 391 g/mol. The number of rotatable bonds is 6. The molecule has 1 fully saturated rings. The first-order chi connectivity index (χ1) is 13.3. The molecule has 0 bridgehead atoms. The Morgan fingerprint density at radius 2 is 2.00 bits per heavy atom. The number of carbonyl (C=O) groups is 2. The van der Waals surface area contributed by atoms with Crippen LogP contribution in [0.2, 0.25) is 0 Å². The van der Waals surface area contributed by atoms with Crippen molar-refractivity contribution in [1.29, 1.82) is 0 Å². The number of para-hydroxylation sites is 1. The first-order valence-electron chi connectivity index (χ1n) is 9.94. The maximum Gasteiger partial charge on any atom is 0.317 e. The summed E-state index contributed by atoms with van der Waals surface area (Å²) >= 11 is 0. The molecule has 0 saturated carbocycles. The van der Waals surface area contributed by atoms with E-state index in [0.29, 0.717) is 25.3 Å².